The molecule has 0 unspecified atom stereocenters. The molecule has 1 amide bonds. The molecule has 1 aromatic heterocycles. The fourth-order valence-electron chi connectivity index (χ4n) is 3.59. The number of methoxy groups -OCH3 is 1. The number of hydrogen-bond acceptors (Lipinski definition) is 4. The number of aromatic carboxylic acids is 1. The number of carbonyl (C=O) groups excluding carboxylic acids is 1. The average molecular weight is 476 g/mol. The molecule has 1 aliphatic heterocycles. The Labute approximate surface area is 178 Å². The van der Waals surface area contributed by atoms with Crippen molar-refractivity contribution in [3.63, 3.8) is 0 Å². The number of carboxylic acid groups (broad SMARTS) is 1. The Bertz CT molecular complexity index is 1140. The third-order valence-corrected chi connectivity index (χ3v) is 6.57. The molecule has 8 heteroatoms. The minimum absolute atomic E-state index is 0.0572. The minimum Gasteiger partial charge on any atom is -0.496 e. The fraction of sp³-hybridized carbons (Fsp3) is 0.143. The van der Waals surface area contributed by atoms with E-state index in [1.807, 2.05) is 12.1 Å². The lowest BCUT2D eigenvalue weighted by Crippen LogP contribution is -2.22. The van der Waals surface area contributed by atoms with Gasteiger partial charge in [-0.3, -0.25) is 4.79 Å². The zero-order valence-electron chi connectivity index (χ0n) is 15.2. The fourth-order valence-corrected chi connectivity index (χ4v) is 5.20. The van der Waals surface area contributed by atoms with E-state index in [4.69, 9.17) is 4.74 Å². The normalized spacial score (nSPS) is 15.6. The molecule has 3 aromatic rings. The zero-order valence-corrected chi connectivity index (χ0v) is 17.6. The second kappa shape index (κ2) is 7.61. The molecule has 4 rings (SSSR count). The molecule has 2 aromatic carbocycles. The molecule has 2 N–H and O–H groups in total. The Morgan fingerprint density at radius 2 is 2.10 bits per heavy atom. The molecule has 0 spiro atoms. The van der Waals surface area contributed by atoms with Crippen molar-refractivity contribution in [1.29, 1.82) is 0 Å². The second-order valence-electron chi connectivity index (χ2n) is 6.55. The van der Waals surface area contributed by atoms with Crippen LogP contribution in [0.2, 0.25) is 0 Å². The number of benzene rings is 2. The van der Waals surface area contributed by atoms with Gasteiger partial charge in [-0.25, -0.2) is 9.18 Å². The number of carbonyl (C=O) groups is 2. The molecule has 2 heterocycles. The lowest BCUT2D eigenvalue weighted by atomic mass is 9.88. The topological polar surface area (TPSA) is 75.6 Å². The first-order valence-corrected chi connectivity index (χ1v) is 10.3. The maximum atomic E-state index is 13.8. The van der Waals surface area contributed by atoms with E-state index in [1.165, 1.54) is 18.2 Å². The van der Waals surface area contributed by atoms with Gasteiger partial charge in [0.05, 0.1) is 12.8 Å². The summed E-state index contributed by atoms with van der Waals surface area (Å²) in [5.74, 6) is -1.62. The molecule has 0 fully saturated rings. The van der Waals surface area contributed by atoms with Crippen LogP contribution < -0.4 is 10.1 Å². The Kier molecular flexibility index (Phi) is 5.14. The van der Waals surface area contributed by atoms with E-state index in [9.17, 15) is 19.1 Å². The SMILES string of the molecule is COc1ccc(Br)cc1[C@@H]1CC(=O)Nc2c1sc(C(=O)O)c2-c1cccc(F)c1. The van der Waals surface area contributed by atoms with Crippen LogP contribution in [0.15, 0.2) is 46.9 Å². The van der Waals surface area contributed by atoms with E-state index in [-0.39, 0.29) is 23.1 Å². The lowest BCUT2D eigenvalue weighted by Gasteiger charge is -2.25. The van der Waals surface area contributed by atoms with Crippen molar-refractivity contribution in [3.8, 4) is 16.9 Å². The Balaban J connectivity index is 1.97. The molecule has 0 aliphatic carbocycles. The number of ether oxygens (including phenoxy) is 1. The van der Waals surface area contributed by atoms with Crippen LogP contribution >= 0.6 is 27.3 Å². The highest BCUT2D eigenvalue weighted by Gasteiger charge is 2.35. The van der Waals surface area contributed by atoms with Crippen molar-refractivity contribution in [2.45, 2.75) is 12.3 Å². The summed E-state index contributed by atoms with van der Waals surface area (Å²) in [6.07, 6.45) is 0.155. The van der Waals surface area contributed by atoms with E-state index in [0.717, 1.165) is 21.4 Å². The Hall–Kier alpha value is -2.71. The van der Waals surface area contributed by atoms with Crippen molar-refractivity contribution in [2.75, 3.05) is 12.4 Å². The number of fused-ring (bicyclic) bond motifs is 1. The molecular weight excluding hydrogens is 461 g/mol. The van der Waals surface area contributed by atoms with Crippen molar-refractivity contribution in [3.05, 3.63) is 68.1 Å². The molecule has 0 saturated carbocycles. The first kappa shape index (κ1) is 19.6. The molecule has 0 radical (unpaired) electrons. The lowest BCUT2D eigenvalue weighted by molar-refractivity contribution is -0.116. The number of rotatable bonds is 4. The predicted octanol–water partition coefficient (Wildman–Crippen LogP) is 5.50. The Morgan fingerprint density at radius 1 is 1.31 bits per heavy atom. The zero-order chi connectivity index (χ0) is 20.7. The quantitative estimate of drug-likeness (QED) is 0.522. The van der Waals surface area contributed by atoms with Gasteiger partial charge in [-0.2, -0.15) is 0 Å². The minimum atomic E-state index is -1.13. The first-order valence-electron chi connectivity index (χ1n) is 8.68. The number of amides is 1. The molecule has 5 nitrogen and oxygen atoms in total. The summed E-state index contributed by atoms with van der Waals surface area (Å²) in [7, 11) is 1.55. The van der Waals surface area contributed by atoms with Gasteiger partial charge in [-0.1, -0.05) is 28.1 Å². The third kappa shape index (κ3) is 3.54. The molecule has 29 heavy (non-hydrogen) atoms. The van der Waals surface area contributed by atoms with Crippen LogP contribution in [0.4, 0.5) is 10.1 Å². The van der Waals surface area contributed by atoms with Crippen molar-refractivity contribution in [2.24, 2.45) is 0 Å². The molecule has 1 atom stereocenters. The summed E-state index contributed by atoms with van der Waals surface area (Å²) in [5, 5.41) is 12.6. The summed E-state index contributed by atoms with van der Waals surface area (Å²) in [6.45, 7) is 0. The van der Waals surface area contributed by atoms with E-state index < -0.39 is 11.8 Å². The molecule has 0 saturated heterocycles. The van der Waals surface area contributed by atoms with Gasteiger partial charge in [-0.15, -0.1) is 11.3 Å². The van der Waals surface area contributed by atoms with Gasteiger partial charge in [0, 0.05) is 32.8 Å². The van der Waals surface area contributed by atoms with Crippen molar-refractivity contribution < 1.29 is 23.8 Å². The highest BCUT2D eigenvalue weighted by atomic mass is 79.9. The van der Waals surface area contributed by atoms with Crippen LogP contribution in [-0.2, 0) is 4.79 Å². The van der Waals surface area contributed by atoms with E-state index in [1.54, 1.807) is 19.2 Å². The van der Waals surface area contributed by atoms with Crippen molar-refractivity contribution >= 4 is 44.8 Å². The third-order valence-electron chi connectivity index (χ3n) is 4.78. The highest BCUT2D eigenvalue weighted by Crippen LogP contribution is 2.51. The van der Waals surface area contributed by atoms with Crippen LogP contribution in [0, 0.1) is 5.82 Å². The summed E-state index contributed by atoms with van der Waals surface area (Å²) >= 11 is 4.54. The standard InChI is InChI=1S/C21H15BrFNO4S/c1-28-15-6-5-11(22)8-13(15)14-9-16(25)24-18-17(10-3-2-4-12(23)7-10)20(21(26)27)29-19(14)18/h2-8,14H,9H2,1H3,(H,24,25)(H,26,27)/t14-/m0/s1. The average Bonchev–Trinajstić information content (AvgIpc) is 3.07. The Morgan fingerprint density at radius 3 is 2.79 bits per heavy atom. The summed E-state index contributed by atoms with van der Waals surface area (Å²) in [6, 6.07) is 11.2. The molecule has 148 valence electrons. The van der Waals surface area contributed by atoms with E-state index in [2.05, 4.69) is 21.2 Å². The predicted molar refractivity (Wildman–Crippen MR) is 112 cm³/mol. The van der Waals surface area contributed by atoms with E-state index >= 15 is 0 Å². The monoisotopic (exact) mass is 475 g/mol. The van der Waals surface area contributed by atoms with Gasteiger partial charge in [0.2, 0.25) is 5.91 Å². The second-order valence-corrected chi connectivity index (χ2v) is 8.52. The number of thiophene rings is 1. The number of nitrogens with one attached hydrogen (secondary N) is 1. The molecule has 1 aliphatic rings. The van der Waals surface area contributed by atoms with Gasteiger partial charge in [0.15, 0.2) is 0 Å². The summed E-state index contributed by atoms with van der Waals surface area (Å²) in [4.78, 5) is 25.3. The summed E-state index contributed by atoms with van der Waals surface area (Å²) in [5.41, 5.74) is 1.93. The first-order chi connectivity index (χ1) is 13.9. The van der Waals surface area contributed by atoms with Gasteiger partial charge in [-0.05, 0) is 35.9 Å². The van der Waals surface area contributed by atoms with Crippen LogP contribution in [0.3, 0.4) is 0 Å². The van der Waals surface area contributed by atoms with E-state index in [0.29, 0.717) is 27.4 Å². The summed E-state index contributed by atoms with van der Waals surface area (Å²) < 4.78 is 20.1. The maximum Gasteiger partial charge on any atom is 0.346 e. The number of carboxylic acids is 1. The van der Waals surface area contributed by atoms with Gasteiger partial charge in [0.25, 0.3) is 0 Å². The van der Waals surface area contributed by atoms with Gasteiger partial charge >= 0.3 is 5.97 Å². The largest absolute Gasteiger partial charge is 0.496 e. The van der Waals surface area contributed by atoms with Crippen LogP contribution in [-0.4, -0.2) is 24.1 Å². The molecule has 0 bridgehead atoms. The highest BCUT2D eigenvalue weighted by molar-refractivity contribution is 9.10. The van der Waals surface area contributed by atoms with Crippen LogP contribution in [0.1, 0.15) is 32.5 Å². The number of hydrogen-bond donors (Lipinski definition) is 2. The number of halogens is 2. The van der Waals surface area contributed by atoms with Crippen LogP contribution in [0.25, 0.3) is 11.1 Å². The maximum absolute atomic E-state index is 13.8. The molecular formula is C21H15BrFNO4S. The number of anilines is 1. The smallest absolute Gasteiger partial charge is 0.346 e. The van der Waals surface area contributed by atoms with Crippen LogP contribution in [0.5, 0.6) is 5.75 Å². The van der Waals surface area contributed by atoms with Crippen molar-refractivity contribution in [1.82, 2.24) is 0 Å². The van der Waals surface area contributed by atoms with Gasteiger partial charge < -0.3 is 15.2 Å². The van der Waals surface area contributed by atoms with Gasteiger partial charge in [0.1, 0.15) is 16.4 Å².